The van der Waals surface area contributed by atoms with Crippen LogP contribution in [0.2, 0.25) is 0 Å². The van der Waals surface area contributed by atoms with E-state index in [9.17, 15) is 0 Å². The highest BCUT2D eigenvalue weighted by molar-refractivity contribution is 7.64. The highest BCUT2D eigenvalue weighted by Crippen LogP contribution is 2.38. The topological polar surface area (TPSA) is 0 Å². The van der Waals surface area contributed by atoms with Crippen LogP contribution in [0.5, 0.6) is 0 Å². The van der Waals surface area contributed by atoms with Crippen molar-refractivity contribution in [2.75, 3.05) is 13.3 Å². The molecule has 0 aliphatic heterocycles. The van der Waals surface area contributed by atoms with Gasteiger partial charge in [0.25, 0.3) is 0 Å². The molecule has 0 N–H and O–H groups in total. The smallest absolute Gasteiger partial charge is 0.00851 e. The Kier molecular flexibility index (Phi) is 3.78. The van der Waals surface area contributed by atoms with Crippen molar-refractivity contribution in [2.24, 2.45) is 5.41 Å². The first-order chi connectivity index (χ1) is 8.39. The maximum atomic E-state index is 2.40. The van der Waals surface area contributed by atoms with E-state index in [1.54, 1.807) is 0 Å². The Hall–Kier alpha value is -0.870. The second kappa shape index (κ2) is 5.02. The highest BCUT2D eigenvalue weighted by atomic mass is 31.1. The largest absolute Gasteiger partial charge is 0.0810 e. The first kappa shape index (κ1) is 13.6. The number of benzene rings is 1. The van der Waals surface area contributed by atoms with Gasteiger partial charge >= 0.3 is 0 Å². The van der Waals surface area contributed by atoms with E-state index < -0.39 is 0 Å². The van der Waals surface area contributed by atoms with Gasteiger partial charge in [-0.15, -0.1) is 0 Å². The molecule has 0 unspecified atom stereocenters. The van der Waals surface area contributed by atoms with E-state index in [-0.39, 0.29) is 13.3 Å². The molecular formula is C17H23P. The van der Waals surface area contributed by atoms with Gasteiger partial charge in [-0.05, 0) is 47.2 Å². The third kappa shape index (κ3) is 2.75. The van der Waals surface area contributed by atoms with Gasteiger partial charge in [-0.25, -0.2) is 0 Å². The molecule has 0 bridgehead atoms. The molecule has 1 aromatic rings. The van der Waals surface area contributed by atoms with Crippen LogP contribution in [0.3, 0.4) is 0 Å². The second-order valence-electron chi connectivity index (χ2n) is 6.19. The maximum Gasteiger partial charge on any atom is -0.00851 e. The van der Waals surface area contributed by atoms with Crippen molar-refractivity contribution in [3.63, 3.8) is 0 Å². The normalized spacial score (nSPS) is 15.9. The molecule has 0 nitrogen and oxygen atoms in total. The molecule has 1 aliphatic carbocycles. The maximum absolute atomic E-state index is 2.40. The predicted octanol–water partition coefficient (Wildman–Crippen LogP) is 4.81. The standard InChI is InChI=1S/C17H23P/c1-17(2,3)14-11-10-13(12-14)15-8-6-7-9-16(15)18(4)5/h6-9,11-12H,10H2,1-5H3. The van der Waals surface area contributed by atoms with E-state index >= 15 is 0 Å². The van der Waals surface area contributed by atoms with Crippen molar-refractivity contribution in [3.8, 4) is 0 Å². The Morgan fingerprint density at radius 1 is 1.06 bits per heavy atom. The van der Waals surface area contributed by atoms with Crippen molar-refractivity contribution in [3.05, 3.63) is 47.6 Å². The van der Waals surface area contributed by atoms with Gasteiger partial charge in [0.2, 0.25) is 0 Å². The van der Waals surface area contributed by atoms with Crippen molar-refractivity contribution in [1.29, 1.82) is 0 Å². The van der Waals surface area contributed by atoms with Crippen LogP contribution in [-0.2, 0) is 0 Å². The lowest BCUT2D eigenvalue weighted by atomic mass is 9.87. The number of rotatable bonds is 2. The van der Waals surface area contributed by atoms with E-state index in [2.05, 4.69) is 70.5 Å². The van der Waals surface area contributed by atoms with Crippen molar-refractivity contribution >= 4 is 18.8 Å². The number of allylic oxidation sites excluding steroid dienone is 4. The predicted molar refractivity (Wildman–Crippen MR) is 85.0 cm³/mol. The lowest BCUT2D eigenvalue weighted by Gasteiger charge is -2.18. The van der Waals surface area contributed by atoms with E-state index in [4.69, 9.17) is 0 Å². The van der Waals surface area contributed by atoms with Gasteiger partial charge in [-0.1, -0.05) is 65.1 Å². The van der Waals surface area contributed by atoms with Gasteiger partial charge in [0, 0.05) is 0 Å². The van der Waals surface area contributed by atoms with Crippen molar-refractivity contribution in [1.82, 2.24) is 0 Å². The molecular weight excluding hydrogens is 235 g/mol. The Balaban J connectivity index is 2.36. The summed E-state index contributed by atoms with van der Waals surface area (Å²) in [4.78, 5) is 0. The van der Waals surface area contributed by atoms with Gasteiger partial charge in [0.1, 0.15) is 0 Å². The third-order valence-electron chi connectivity index (χ3n) is 3.47. The molecule has 96 valence electrons. The molecule has 0 aromatic heterocycles. The Bertz CT molecular complexity index is 499. The highest BCUT2D eigenvalue weighted by Gasteiger charge is 2.21. The quantitative estimate of drug-likeness (QED) is 0.668. The monoisotopic (exact) mass is 258 g/mol. The molecule has 0 spiro atoms. The molecule has 0 amide bonds. The fourth-order valence-corrected chi connectivity index (χ4v) is 3.46. The zero-order valence-electron chi connectivity index (χ0n) is 12.1. The van der Waals surface area contributed by atoms with E-state index in [1.165, 1.54) is 22.0 Å². The van der Waals surface area contributed by atoms with Crippen LogP contribution in [0.1, 0.15) is 32.8 Å². The Labute approximate surface area is 113 Å². The van der Waals surface area contributed by atoms with Crippen LogP contribution >= 0.6 is 7.92 Å². The van der Waals surface area contributed by atoms with Crippen LogP contribution in [0.15, 0.2) is 42.0 Å². The van der Waals surface area contributed by atoms with Gasteiger partial charge < -0.3 is 0 Å². The molecule has 1 heteroatoms. The summed E-state index contributed by atoms with van der Waals surface area (Å²) < 4.78 is 0. The fourth-order valence-electron chi connectivity index (χ4n) is 2.37. The minimum absolute atomic E-state index is 0.0388. The number of hydrogen-bond acceptors (Lipinski definition) is 0. The SMILES string of the molecule is CP(C)c1ccccc1C1=CC(C(C)(C)C)=CC1. The zero-order chi connectivity index (χ0) is 13.3. The molecule has 0 saturated heterocycles. The molecule has 0 heterocycles. The minimum atomic E-state index is -0.0388. The van der Waals surface area contributed by atoms with Gasteiger partial charge in [-0.2, -0.15) is 0 Å². The molecule has 2 rings (SSSR count). The second-order valence-corrected chi connectivity index (χ2v) is 8.47. The Morgan fingerprint density at radius 2 is 1.72 bits per heavy atom. The van der Waals surface area contributed by atoms with Gasteiger partial charge in [0.15, 0.2) is 0 Å². The average Bonchev–Trinajstić information content (AvgIpc) is 2.77. The average molecular weight is 258 g/mol. The molecule has 1 aliphatic rings. The van der Waals surface area contributed by atoms with Crippen LogP contribution in [0.4, 0.5) is 0 Å². The minimum Gasteiger partial charge on any atom is -0.0810 e. The first-order valence-electron chi connectivity index (χ1n) is 6.57. The summed E-state index contributed by atoms with van der Waals surface area (Å²) in [6.45, 7) is 11.5. The molecule has 0 atom stereocenters. The van der Waals surface area contributed by atoms with Crippen LogP contribution in [0.25, 0.3) is 5.57 Å². The molecule has 18 heavy (non-hydrogen) atoms. The molecule has 0 radical (unpaired) electrons. The third-order valence-corrected chi connectivity index (χ3v) is 4.82. The summed E-state index contributed by atoms with van der Waals surface area (Å²) in [5, 5.41) is 1.53. The number of hydrogen-bond donors (Lipinski definition) is 0. The van der Waals surface area contributed by atoms with Gasteiger partial charge in [-0.3, -0.25) is 0 Å². The summed E-state index contributed by atoms with van der Waals surface area (Å²) in [5.74, 6) is 0. The molecule has 1 aromatic carbocycles. The van der Waals surface area contributed by atoms with E-state index in [1.807, 2.05) is 0 Å². The molecule has 0 saturated carbocycles. The zero-order valence-corrected chi connectivity index (χ0v) is 13.0. The van der Waals surface area contributed by atoms with Crippen LogP contribution in [0, 0.1) is 5.41 Å². The van der Waals surface area contributed by atoms with Crippen molar-refractivity contribution < 1.29 is 0 Å². The summed E-state index contributed by atoms with van der Waals surface area (Å²) in [6.07, 6.45) is 5.88. The lowest BCUT2D eigenvalue weighted by Crippen LogP contribution is -2.07. The summed E-state index contributed by atoms with van der Waals surface area (Å²) in [6, 6.07) is 8.89. The van der Waals surface area contributed by atoms with Gasteiger partial charge in [0.05, 0.1) is 0 Å². The van der Waals surface area contributed by atoms with Crippen molar-refractivity contribution in [2.45, 2.75) is 27.2 Å². The summed E-state index contributed by atoms with van der Waals surface area (Å²) >= 11 is 0. The van der Waals surface area contributed by atoms with Crippen LogP contribution < -0.4 is 5.30 Å². The lowest BCUT2D eigenvalue weighted by molar-refractivity contribution is 0.518. The van der Waals surface area contributed by atoms with Crippen LogP contribution in [-0.4, -0.2) is 13.3 Å². The van der Waals surface area contributed by atoms with E-state index in [0.29, 0.717) is 0 Å². The Morgan fingerprint density at radius 3 is 2.28 bits per heavy atom. The first-order valence-corrected chi connectivity index (χ1v) is 8.81. The van der Waals surface area contributed by atoms with E-state index in [0.717, 1.165) is 6.42 Å². The summed E-state index contributed by atoms with van der Waals surface area (Å²) in [7, 11) is -0.0388. The molecule has 0 fully saturated rings. The summed E-state index contributed by atoms with van der Waals surface area (Å²) in [5.41, 5.74) is 4.69. The fraction of sp³-hybridized carbons (Fsp3) is 0.412.